The molecule has 84 valence electrons. The number of nitrogens with zero attached hydrogens (tertiary/aromatic N) is 1. The normalized spacial score (nSPS) is 12.7. The number of nitrogens with one attached hydrogen (secondary N) is 1. The molecular weight excluding hydrogens is 190 g/mol. The third-order valence-corrected chi connectivity index (χ3v) is 2.27. The molecule has 1 aromatic heterocycles. The van der Waals surface area contributed by atoms with Gasteiger partial charge in [-0.2, -0.15) is 0 Å². The molecular formula is C11H19N3O. The first-order chi connectivity index (χ1) is 7.27. The first-order valence-corrected chi connectivity index (χ1v) is 5.13. The van der Waals surface area contributed by atoms with Crippen LogP contribution in [-0.4, -0.2) is 31.8 Å². The second-order valence-corrected chi connectivity index (χ2v) is 3.47. The molecule has 1 heterocycles. The number of hydrogen-bond acceptors (Lipinski definition) is 4. The minimum Gasteiger partial charge on any atom is -0.383 e. The van der Waals surface area contributed by atoms with Crippen molar-refractivity contribution in [2.75, 3.05) is 26.8 Å². The molecule has 4 heteroatoms. The Morgan fingerprint density at radius 2 is 2.33 bits per heavy atom. The molecule has 15 heavy (non-hydrogen) atoms. The first-order valence-electron chi connectivity index (χ1n) is 5.13. The second kappa shape index (κ2) is 6.50. The van der Waals surface area contributed by atoms with Crippen molar-refractivity contribution in [3.05, 3.63) is 29.6 Å². The fourth-order valence-electron chi connectivity index (χ4n) is 1.36. The van der Waals surface area contributed by atoms with Crippen LogP contribution in [0, 0.1) is 6.92 Å². The van der Waals surface area contributed by atoms with Crippen LogP contribution in [0.1, 0.15) is 17.3 Å². The molecule has 0 aliphatic heterocycles. The van der Waals surface area contributed by atoms with E-state index in [0.717, 1.165) is 17.8 Å². The third kappa shape index (κ3) is 3.95. The van der Waals surface area contributed by atoms with Crippen molar-refractivity contribution in [2.24, 2.45) is 5.73 Å². The highest BCUT2D eigenvalue weighted by Crippen LogP contribution is 2.10. The van der Waals surface area contributed by atoms with E-state index >= 15 is 0 Å². The molecule has 0 bridgehead atoms. The summed E-state index contributed by atoms with van der Waals surface area (Å²) in [6, 6.07) is 4.21. The molecule has 0 aliphatic rings. The lowest BCUT2D eigenvalue weighted by Gasteiger charge is -2.16. The molecule has 0 radical (unpaired) electrons. The SMILES string of the molecule is COCCNC(CN)c1ccc(C)nc1. The highest BCUT2D eigenvalue weighted by atomic mass is 16.5. The minimum absolute atomic E-state index is 0.160. The lowest BCUT2D eigenvalue weighted by atomic mass is 10.1. The molecule has 1 rings (SSSR count). The van der Waals surface area contributed by atoms with Crippen molar-refractivity contribution in [1.29, 1.82) is 0 Å². The molecule has 0 spiro atoms. The van der Waals surface area contributed by atoms with Gasteiger partial charge in [-0.25, -0.2) is 0 Å². The molecule has 0 amide bonds. The predicted molar refractivity (Wildman–Crippen MR) is 60.6 cm³/mol. The molecule has 1 atom stereocenters. The van der Waals surface area contributed by atoms with Gasteiger partial charge in [0.25, 0.3) is 0 Å². The van der Waals surface area contributed by atoms with E-state index in [4.69, 9.17) is 10.5 Å². The van der Waals surface area contributed by atoms with Crippen LogP contribution in [0.2, 0.25) is 0 Å². The summed E-state index contributed by atoms with van der Waals surface area (Å²) in [5.74, 6) is 0. The van der Waals surface area contributed by atoms with Gasteiger partial charge < -0.3 is 15.8 Å². The number of nitrogens with two attached hydrogens (primary N) is 1. The van der Waals surface area contributed by atoms with Gasteiger partial charge in [-0.3, -0.25) is 4.98 Å². The number of aromatic nitrogens is 1. The Bertz CT molecular complexity index is 274. The predicted octanol–water partition coefficient (Wildman–Crippen LogP) is 0.626. The van der Waals surface area contributed by atoms with E-state index in [9.17, 15) is 0 Å². The maximum Gasteiger partial charge on any atom is 0.0587 e. The Hall–Kier alpha value is -0.970. The average molecular weight is 209 g/mol. The maximum absolute atomic E-state index is 5.69. The minimum atomic E-state index is 0.160. The van der Waals surface area contributed by atoms with E-state index in [-0.39, 0.29) is 6.04 Å². The quantitative estimate of drug-likeness (QED) is 0.674. The van der Waals surface area contributed by atoms with E-state index in [1.54, 1.807) is 7.11 Å². The average Bonchev–Trinajstić information content (AvgIpc) is 2.26. The fraction of sp³-hybridized carbons (Fsp3) is 0.545. The lowest BCUT2D eigenvalue weighted by Crippen LogP contribution is -2.30. The van der Waals surface area contributed by atoms with Crippen molar-refractivity contribution in [1.82, 2.24) is 10.3 Å². The summed E-state index contributed by atoms with van der Waals surface area (Å²) in [5.41, 5.74) is 7.84. The number of ether oxygens (including phenoxy) is 1. The molecule has 0 saturated carbocycles. The highest BCUT2D eigenvalue weighted by Gasteiger charge is 2.08. The van der Waals surface area contributed by atoms with Gasteiger partial charge in [0, 0.05) is 38.1 Å². The van der Waals surface area contributed by atoms with E-state index in [1.807, 2.05) is 19.2 Å². The van der Waals surface area contributed by atoms with Gasteiger partial charge in [-0.15, -0.1) is 0 Å². The second-order valence-electron chi connectivity index (χ2n) is 3.47. The zero-order valence-corrected chi connectivity index (χ0v) is 9.36. The number of hydrogen-bond donors (Lipinski definition) is 2. The van der Waals surface area contributed by atoms with E-state index < -0.39 is 0 Å². The van der Waals surface area contributed by atoms with Gasteiger partial charge in [-0.05, 0) is 18.6 Å². The summed E-state index contributed by atoms with van der Waals surface area (Å²) in [7, 11) is 1.69. The summed E-state index contributed by atoms with van der Waals surface area (Å²) in [5, 5.41) is 3.32. The maximum atomic E-state index is 5.69. The van der Waals surface area contributed by atoms with Crippen LogP contribution in [-0.2, 0) is 4.74 Å². The van der Waals surface area contributed by atoms with Crippen LogP contribution in [0.25, 0.3) is 0 Å². The van der Waals surface area contributed by atoms with Crippen LogP contribution >= 0.6 is 0 Å². The van der Waals surface area contributed by atoms with Crippen LogP contribution in [0.4, 0.5) is 0 Å². The first kappa shape index (κ1) is 12.1. The van der Waals surface area contributed by atoms with E-state index in [0.29, 0.717) is 13.2 Å². The van der Waals surface area contributed by atoms with Gasteiger partial charge in [-0.1, -0.05) is 6.07 Å². The molecule has 0 aromatic carbocycles. The number of aryl methyl sites for hydroxylation is 1. The van der Waals surface area contributed by atoms with Crippen LogP contribution in [0.5, 0.6) is 0 Å². The number of rotatable bonds is 6. The Morgan fingerprint density at radius 1 is 1.53 bits per heavy atom. The largest absolute Gasteiger partial charge is 0.383 e. The Labute approximate surface area is 90.8 Å². The molecule has 1 aromatic rings. The standard InChI is InChI=1S/C11H19N3O/c1-9-3-4-10(8-14-9)11(7-12)13-5-6-15-2/h3-4,8,11,13H,5-7,12H2,1-2H3. The molecule has 1 unspecified atom stereocenters. The summed E-state index contributed by atoms with van der Waals surface area (Å²) in [6.45, 7) is 4.02. The van der Waals surface area contributed by atoms with Gasteiger partial charge in [0.1, 0.15) is 0 Å². The zero-order chi connectivity index (χ0) is 11.1. The third-order valence-electron chi connectivity index (χ3n) is 2.27. The Morgan fingerprint density at radius 3 is 2.87 bits per heavy atom. The number of pyridine rings is 1. The topological polar surface area (TPSA) is 60.2 Å². The van der Waals surface area contributed by atoms with Crippen molar-refractivity contribution in [3.8, 4) is 0 Å². The Kier molecular flexibility index (Phi) is 5.25. The van der Waals surface area contributed by atoms with E-state index in [2.05, 4.69) is 16.4 Å². The van der Waals surface area contributed by atoms with Crippen molar-refractivity contribution >= 4 is 0 Å². The highest BCUT2D eigenvalue weighted by molar-refractivity contribution is 5.17. The monoisotopic (exact) mass is 209 g/mol. The molecule has 4 nitrogen and oxygen atoms in total. The lowest BCUT2D eigenvalue weighted by molar-refractivity contribution is 0.196. The zero-order valence-electron chi connectivity index (χ0n) is 9.36. The summed E-state index contributed by atoms with van der Waals surface area (Å²) in [4.78, 5) is 4.25. The smallest absolute Gasteiger partial charge is 0.0587 e. The van der Waals surface area contributed by atoms with Crippen molar-refractivity contribution < 1.29 is 4.74 Å². The summed E-state index contributed by atoms with van der Waals surface area (Å²) in [6.07, 6.45) is 1.87. The molecule has 3 N–H and O–H groups in total. The van der Waals surface area contributed by atoms with Gasteiger partial charge in [0.05, 0.1) is 6.61 Å². The van der Waals surface area contributed by atoms with Crippen LogP contribution in [0.15, 0.2) is 18.3 Å². The number of methoxy groups -OCH3 is 1. The molecule has 0 aliphatic carbocycles. The van der Waals surface area contributed by atoms with Gasteiger partial charge in [0.2, 0.25) is 0 Å². The summed E-state index contributed by atoms with van der Waals surface area (Å²) < 4.78 is 4.97. The van der Waals surface area contributed by atoms with Crippen LogP contribution < -0.4 is 11.1 Å². The summed E-state index contributed by atoms with van der Waals surface area (Å²) >= 11 is 0. The Balaban J connectivity index is 2.53. The molecule has 0 fully saturated rings. The van der Waals surface area contributed by atoms with Crippen molar-refractivity contribution in [2.45, 2.75) is 13.0 Å². The van der Waals surface area contributed by atoms with Gasteiger partial charge >= 0.3 is 0 Å². The fourth-order valence-corrected chi connectivity index (χ4v) is 1.36. The van der Waals surface area contributed by atoms with Crippen LogP contribution in [0.3, 0.4) is 0 Å². The molecule has 0 saturated heterocycles. The van der Waals surface area contributed by atoms with Crippen molar-refractivity contribution in [3.63, 3.8) is 0 Å². The van der Waals surface area contributed by atoms with E-state index in [1.165, 1.54) is 0 Å². The van der Waals surface area contributed by atoms with Gasteiger partial charge in [0.15, 0.2) is 0 Å².